The van der Waals surface area contributed by atoms with Gasteiger partial charge in [-0.3, -0.25) is 9.69 Å². The van der Waals surface area contributed by atoms with E-state index in [9.17, 15) is 28.4 Å². The minimum atomic E-state index is -3.12. The molecule has 1 N–H and O–H groups in total. The summed E-state index contributed by atoms with van der Waals surface area (Å²) < 4.78 is 55.0. The summed E-state index contributed by atoms with van der Waals surface area (Å²) in [6.07, 6.45) is 4.37. The van der Waals surface area contributed by atoms with Gasteiger partial charge in [0.25, 0.3) is 5.91 Å². The van der Waals surface area contributed by atoms with Gasteiger partial charge in [0, 0.05) is 24.1 Å². The molecular formula is C42H41Cl2F2N3O9. The Bertz CT molecular complexity index is 2110. The second-order valence-corrected chi connectivity index (χ2v) is 15.4. The van der Waals surface area contributed by atoms with Gasteiger partial charge in [0.15, 0.2) is 29.9 Å². The second kappa shape index (κ2) is 18.2. The van der Waals surface area contributed by atoms with Crippen LogP contribution < -0.4 is 24.3 Å². The van der Waals surface area contributed by atoms with E-state index in [-0.39, 0.29) is 69.2 Å². The van der Waals surface area contributed by atoms with E-state index in [0.29, 0.717) is 28.2 Å². The molecule has 4 aliphatic rings. The SMILES string of the molecule is COc1ccc(C(NC(=O)c2cccc(C(=O)O[C@@H](Cc3c(Cl)c[n+]([O-])cc3Cl)c3ccc(OC(F)F)c(OCC4CC4)c3)c2)C(=O)O[C@H]2CN3CCC2CC3)cc1. The van der Waals surface area contributed by atoms with Crippen LogP contribution in [0.1, 0.15) is 75.2 Å². The Hall–Kier alpha value is -5.18. The molecule has 1 saturated carbocycles. The quantitative estimate of drug-likeness (QED) is 0.0696. The number of alkyl halides is 2. The maximum atomic E-state index is 13.9. The maximum Gasteiger partial charge on any atom is 0.387 e. The number of pyridine rings is 1. The first-order valence-electron chi connectivity index (χ1n) is 18.9. The zero-order chi connectivity index (χ0) is 40.9. The lowest BCUT2D eigenvalue weighted by atomic mass is 9.86. The number of carbonyl (C=O) groups is 3. The molecular weight excluding hydrogens is 799 g/mol. The van der Waals surface area contributed by atoms with Crippen molar-refractivity contribution < 1.29 is 51.6 Å². The Morgan fingerprint density at radius 2 is 1.60 bits per heavy atom. The highest BCUT2D eigenvalue weighted by Gasteiger charge is 2.38. The number of benzene rings is 3. The van der Waals surface area contributed by atoms with Crippen LogP contribution in [0.25, 0.3) is 0 Å². The van der Waals surface area contributed by atoms with Crippen molar-refractivity contribution in [1.82, 2.24) is 10.2 Å². The van der Waals surface area contributed by atoms with Crippen LogP contribution in [0.15, 0.2) is 79.1 Å². The van der Waals surface area contributed by atoms with E-state index in [1.54, 1.807) is 24.3 Å². The number of aromatic nitrogens is 1. The lowest BCUT2D eigenvalue weighted by molar-refractivity contribution is -0.605. The molecule has 8 rings (SSSR count). The second-order valence-electron chi connectivity index (χ2n) is 14.6. The van der Waals surface area contributed by atoms with Crippen molar-refractivity contribution in [2.75, 3.05) is 33.4 Å². The number of ether oxygens (including phenoxy) is 5. The number of rotatable bonds is 16. The summed E-state index contributed by atoms with van der Waals surface area (Å²) in [6, 6.07) is 15.5. The summed E-state index contributed by atoms with van der Waals surface area (Å²) in [5.74, 6) is -1.21. The van der Waals surface area contributed by atoms with Crippen LogP contribution in [0.4, 0.5) is 8.78 Å². The van der Waals surface area contributed by atoms with Crippen molar-refractivity contribution in [3.05, 3.63) is 122 Å². The predicted molar refractivity (Wildman–Crippen MR) is 207 cm³/mol. The molecule has 0 radical (unpaired) electrons. The molecule has 1 amide bonds. The van der Waals surface area contributed by atoms with Crippen molar-refractivity contribution in [1.29, 1.82) is 0 Å². The molecule has 4 fully saturated rings. The van der Waals surface area contributed by atoms with Gasteiger partial charge in [-0.25, -0.2) is 9.59 Å². The molecule has 3 aromatic carbocycles. The number of halogens is 4. The van der Waals surface area contributed by atoms with E-state index >= 15 is 0 Å². The van der Waals surface area contributed by atoms with Gasteiger partial charge in [0.2, 0.25) is 0 Å². The van der Waals surface area contributed by atoms with Crippen LogP contribution in [0.3, 0.4) is 0 Å². The third-order valence-corrected chi connectivity index (χ3v) is 11.3. The maximum absolute atomic E-state index is 13.9. The minimum Gasteiger partial charge on any atom is -0.619 e. The normalized spacial score (nSPS) is 19.5. The molecule has 3 aliphatic heterocycles. The standard InChI is InChI=1S/C42H41Cl2F2N3O9/c1-54-30-10-7-26(8-11-30)38(41(52)57-37-22-48-15-13-25(37)14-16-48)47-39(50)28-3-2-4-29(17-28)40(51)56-35(19-31-32(43)20-49(53)21-33(31)44)27-9-12-34(58-42(45)46)36(18-27)55-23-24-5-6-24/h2-4,7-12,17-18,20-21,24-25,35,37-38,42H,5-6,13-16,19,22-23H2,1H3,(H,47,50)/t35-,37-,38?/m0/s1. The summed E-state index contributed by atoms with van der Waals surface area (Å²) in [4.78, 5) is 43.8. The number of piperidine rings is 3. The topological polar surface area (TPSA) is 140 Å². The molecule has 4 heterocycles. The van der Waals surface area contributed by atoms with E-state index in [1.807, 2.05) is 0 Å². The molecule has 58 heavy (non-hydrogen) atoms. The van der Waals surface area contributed by atoms with Crippen LogP contribution in [0.5, 0.6) is 17.2 Å². The molecule has 1 unspecified atom stereocenters. The van der Waals surface area contributed by atoms with Crippen molar-refractivity contribution >= 4 is 41.0 Å². The number of esters is 2. The van der Waals surface area contributed by atoms with Crippen LogP contribution in [0.2, 0.25) is 10.0 Å². The van der Waals surface area contributed by atoms with Crippen LogP contribution in [-0.2, 0) is 20.7 Å². The summed E-state index contributed by atoms with van der Waals surface area (Å²) in [5, 5.41) is 14.8. The van der Waals surface area contributed by atoms with Gasteiger partial charge in [-0.1, -0.05) is 47.5 Å². The molecule has 2 bridgehead atoms. The molecule has 1 aliphatic carbocycles. The largest absolute Gasteiger partial charge is 0.619 e. The number of fused-ring (bicyclic) bond motifs is 3. The van der Waals surface area contributed by atoms with E-state index in [1.165, 1.54) is 49.6 Å². The highest BCUT2D eigenvalue weighted by molar-refractivity contribution is 6.35. The highest BCUT2D eigenvalue weighted by atomic mass is 35.5. The van der Waals surface area contributed by atoms with E-state index in [2.05, 4.69) is 10.2 Å². The number of methoxy groups -OCH3 is 1. The van der Waals surface area contributed by atoms with Gasteiger partial charge in [0.1, 0.15) is 28.0 Å². The molecule has 12 nitrogen and oxygen atoms in total. The highest BCUT2D eigenvalue weighted by Crippen LogP contribution is 2.38. The van der Waals surface area contributed by atoms with Crippen LogP contribution in [0, 0.1) is 17.0 Å². The smallest absolute Gasteiger partial charge is 0.387 e. The number of hydrogen-bond donors (Lipinski definition) is 1. The predicted octanol–water partition coefficient (Wildman–Crippen LogP) is 7.27. The van der Waals surface area contributed by atoms with Crippen LogP contribution >= 0.6 is 23.2 Å². The summed E-state index contributed by atoms with van der Waals surface area (Å²) >= 11 is 12.8. The lowest BCUT2D eigenvalue weighted by Gasteiger charge is -2.44. The Kier molecular flexibility index (Phi) is 12.8. The number of nitrogens with one attached hydrogen (secondary N) is 1. The van der Waals surface area contributed by atoms with Crippen molar-refractivity contribution in [3.8, 4) is 17.2 Å². The average Bonchev–Trinajstić information content (AvgIpc) is 4.05. The van der Waals surface area contributed by atoms with E-state index < -0.39 is 36.6 Å². The monoisotopic (exact) mass is 839 g/mol. The van der Waals surface area contributed by atoms with Gasteiger partial charge < -0.3 is 34.2 Å². The third-order valence-electron chi connectivity index (χ3n) is 10.6. The summed E-state index contributed by atoms with van der Waals surface area (Å²) in [7, 11) is 1.52. The molecule has 16 heteroatoms. The summed E-state index contributed by atoms with van der Waals surface area (Å²) in [6.45, 7) is -0.280. The van der Waals surface area contributed by atoms with Crippen LogP contribution in [-0.4, -0.2) is 68.8 Å². The molecule has 306 valence electrons. The molecule has 3 saturated heterocycles. The first kappa shape index (κ1) is 41.0. The summed E-state index contributed by atoms with van der Waals surface area (Å²) in [5.41, 5.74) is 1.12. The zero-order valence-electron chi connectivity index (χ0n) is 31.4. The molecule has 4 aromatic rings. The first-order valence-corrected chi connectivity index (χ1v) is 19.7. The van der Waals surface area contributed by atoms with Gasteiger partial charge >= 0.3 is 18.6 Å². The zero-order valence-corrected chi connectivity index (χ0v) is 32.9. The fourth-order valence-corrected chi connectivity index (χ4v) is 7.80. The molecule has 0 spiro atoms. The molecule has 3 atom stereocenters. The fraction of sp³-hybridized carbons (Fsp3) is 0.381. The Balaban J connectivity index is 1.13. The Morgan fingerprint density at radius 3 is 2.24 bits per heavy atom. The number of amides is 1. The van der Waals surface area contributed by atoms with Crippen molar-refractivity contribution in [2.24, 2.45) is 11.8 Å². The van der Waals surface area contributed by atoms with Gasteiger partial charge in [-0.2, -0.15) is 13.5 Å². The number of hydrogen-bond acceptors (Lipinski definition) is 10. The average molecular weight is 841 g/mol. The Morgan fingerprint density at radius 1 is 0.914 bits per heavy atom. The fourth-order valence-electron chi connectivity index (χ4n) is 7.20. The van der Waals surface area contributed by atoms with Crippen molar-refractivity contribution in [3.63, 3.8) is 0 Å². The van der Waals surface area contributed by atoms with Gasteiger partial charge in [0.05, 0.1) is 19.3 Å². The Labute approximate surface area is 343 Å². The van der Waals surface area contributed by atoms with E-state index in [0.717, 1.165) is 51.2 Å². The minimum absolute atomic E-state index is 0.00326. The third kappa shape index (κ3) is 10.1. The molecule has 1 aromatic heterocycles. The number of carbonyl (C=O) groups excluding carboxylic acids is 3. The lowest BCUT2D eigenvalue weighted by Crippen LogP contribution is -2.52. The van der Waals surface area contributed by atoms with Crippen molar-refractivity contribution in [2.45, 2.75) is 57.0 Å². The number of nitrogens with zero attached hydrogens (tertiary/aromatic N) is 2. The van der Waals surface area contributed by atoms with Gasteiger partial charge in [-0.15, -0.1) is 0 Å². The first-order chi connectivity index (χ1) is 27.9. The van der Waals surface area contributed by atoms with Gasteiger partial charge in [-0.05, 0) is 104 Å². The van der Waals surface area contributed by atoms with E-state index in [4.69, 9.17) is 46.9 Å².